The number of halogens is 13. The minimum absolute atomic E-state index is 0.436. The number of hydrogen-bond donors (Lipinski definition) is 3. The Balaban J connectivity index is 3.18. The molecule has 0 spiro atoms. The van der Waals surface area contributed by atoms with Crippen LogP contribution in [0, 0.1) is 10.4 Å². The van der Waals surface area contributed by atoms with E-state index in [-0.39, 0.29) is 0 Å². The average Bonchev–Trinajstić information content (AvgIpc) is 2.69. The molecule has 35 heavy (non-hydrogen) atoms. The molecule has 8 nitrogen and oxygen atoms in total. The summed E-state index contributed by atoms with van der Waals surface area (Å²) in [6.07, 6.45) is -10.7. The zero-order valence-corrected chi connectivity index (χ0v) is 16.0. The van der Waals surface area contributed by atoms with Gasteiger partial charge in [-0.05, 0) is 18.2 Å². The molecule has 1 rings (SSSR count). The first-order valence-electron chi connectivity index (χ1n) is 8.15. The number of nitrogens with zero attached hydrogens (tertiary/aromatic N) is 3. The summed E-state index contributed by atoms with van der Waals surface area (Å²) in [7, 11) is 0. The number of benzene rings is 1. The molecular weight excluding hydrogens is 535 g/mol. The van der Waals surface area contributed by atoms with E-state index in [9.17, 15) is 67.5 Å². The molecule has 21 heteroatoms. The lowest BCUT2D eigenvalue weighted by atomic mass is 9.93. The van der Waals surface area contributed by atoms with Gasteiger partial charge < -0.3 is 15.6 Å². The van der Waals surface area contributed by atoms with Crippen molar-refractivity contribution in [3.05, 3.63) is 28.6 Å². The molecule has 1 aromatic carbocycles. The van der Waals surface area contributed by atoms with Crippen LogP contribution in [-0.2, 0) is 0 Å². The maximum absolute atomic E-state index is 13.6. The first-order valence-corrected chi connectivity index (χ1v) is 8.15. The molecule has 0 saturated heterocycles. The third-order valence-corrected chi connectivity index (χ3v) is 4.03. The molecular formula is C14H9F13N4O4-2. The van der Waals surface area contributed by atoms with Crippen LogP contribution in [-0.4, -0.2) is 52.4 Å². The number of rotatable bonds is 10. The van der Waals surface area contributed by atoms with Gasteiger partial charge in [0, 0.05) is 11.9 Å². The molecule has 0 atom stereocenters. The minimum atomic E-state index is -8.03. The average molecular weight is 544 g/mol. The molecule has 0 unspecified atom stereocenters. The Morgan fingerprint density at radius 1 is 0.800 bits per heavy atom. The lowest BCUT2D eigenvalue weighted by Gasteiger charge is -2.39. The van der Waals surface area contributed by atoms with Crippen LogP contribution in [0.3, 0.4) is 0 Å². The highest BCUT2D eigenvalue weighted by molar-refractivity contribution is 5.74. The lowest BCUT2D eigenvalue weighted by molar-refractivity contribution is -0.439. The van der Waals surface area contributed by atoms with Crippen molar-refractivity contribution < 1.29 is 67.5 Å². The second-order valence-electron chi connectivity index (χ2n) is 6.38. The lowest BCUT2D eigenvalue weighted by Crippen LogP contribution is -2.70. The van der Waals surface area contributed by atoms with E-state index in [1.165, 1.54) is 0 Å². The Morgan fingerprint density at radius 2 is 1.29 bits per heavy atom. The summed E-state index contributed by atoms with van der Waals surface area (Å²) in [6.45, 7) is 0. The summed E-state index contributed by atoms with van der Waals surface area (Å²) in [4.78, 5) is 0. The van der Waals surface area contributed by atoms with Crippen molar-refractivity contribution >= 4 is 23.3 Å². The van der Waals surface area contributed by atoms with Crippen molar-refractivity contribution in [2.75, 3.05) is 15.9 Å². The zero-order chi connectivity index (χ0) is 27.8. The van der Waals surface area contributed by atoms with Crippen LogP contribution in [0.2, 0.25) is 0 Å². The first-order chi connectivity index (χ1) is 15.5. The first kappa shape index (κ1) is 30.3. The van der Waals surface area contributed by atoms with Gasteiger partial charge in [0.05, 0.1) is 12.1 Å². The van der Waals surface area contributed by atoms with Crippen molar-refractivity contribution in [3.8, 4) is 0 Å². The highest BCUT2D eigenvalue weighted by atomic mass is 19.4. The van der Waals surface area contributed by atoms with Gasteiger partial charge in [-0.1, -0.05) is 0 Å². The third kappa shape index (κ3) is 5.26. The number of anilines is 3. The van der Waals surface area contributed by atoms with Crippen LogP contribution in [0.5, 0.6) is 0 Å². The van der Waals surface area contributed by atoms with Gasteiger partial charge in [0.15, 0.2) is 0 Å². The van der Waals surface area contributed by atoms with Gasteiger partial charge >= 0.3 is 35.8 Å². The number of nitrogens with one attached hydrogen (secondary N) is 1. The highest BCUT2D eigenvalue weighted by Crippen LogP contribution is 2.60. The van der Waals surface area contributed by atoms with Gasteiger partial charge in [-0.15, -0.1) is 5.23 Å². The Hall–Kier alpha value is -2.78. The third-order valence-electron chi connectivity index (χ3n) is 4.03. The van der Waals surface area contributed by atoms with Gasteiger partial charge in [0.1, 0.15) is 5.69 Å². The molecule has 0 aliphatic rings. The molecule has 0 bridgehead atoms. The van der Waals surface area contributed by atoms with Crippen LogP contribution in [0.15, 0.2) is 23.3 Å². The quantitative estimate of drug-likeness (QED) is 0.200. The molecule has 0 heterocycles. The summed E-state index contributed by atoms with van der Waals surface area (Å²) < 4.78 is 169. The monoisotopic (exact) mass is 544 g/mol. The normalized spacial score (nSPS) is 14.4. The summed E-state index contributed by atoms with van der Waals surface area (Å²) in [5.74, 6) is -37.7. The van der Waals surface area contributed by atoms with Gasteiger partial charge in [-0.25, -0.2) is 0 Å². The SMILES string of the molecule is [O-]N([O-])c1ccc(NN=CCC(F)(F)C(F)(F)C(F)(F)C(F)(F)C(F)(F)C(F)(F)F)c(N(O)O)c1. The molecule has 0 aliphatic carbocycles. The molecule has 1 aromatic rings. The fourth-order valence-corrected chi connectivity index (χ4v) is 2.10. The Labute approximate surface area is 183 Å². The fraction of sp³-hybridized carbons (Fsp3) is 0.500. The second-order valence-corrected chi connectivity index (χ2v) is 6.38. The van der Waals surface area contributed by atoms with E-state index >= 15 is 0 Å². The van der Waals surface area contributed by atoms with Crippen molar-refractivity contribution in [3.63, 3.8) is 0 Å². The van der Waals surface area contributed by atoms with Crippen molar-refractivity contribution in [2.45, 2.75) is 42.2 Å². The maximum atomic E-state index is 13.6. The molecule has 3 N–H and O–H groups in total. The summed E-state index contributed by atoms with van der Waals surface area (Å²) in [5, 5.41) is 40.0. The number of alkyl halides is 13. The van der Waals surface area contributed by atoms with Crippen LogP contribution >= 0.6 is 0 Å². The predicted molar refractivity (Wildman–Crippen MR) is 89.2 cm³/mol. The van der Waals surface area contributed by atoms with E-state index in [4.69, 9.17) is 10.4 Å². The van der Waals surface area contributed by atoms with Crippen LogP contribution in [0.25, 0.3) is 0 Å². The molecule has 0 saturated carbocycles. The van der Waals surface area contributed by atoms with E-state index in [0.717, 1.165) is 0 Å². The minimum Gasteiger partial charge on any atom is -0.769 e. The molecule has 0 fully saturated rings. The van der Waals surface area contributed by atoms with Gasteiger partial charge in [0.2, 0.25) is 0 Å². The number of hydrogen-bond acceptors (Lipinski definition) is 8. The molecule has 0 amide bonds. The Bertz CT molecular complexity index is 922. The van der Waals surface area contributed by atoms with E-state index in [2.05, 4.69) is 5.10 Å². The summed E-state index contributed by atoms with van der Waals surface area (Å²) >= 11 is 0. The topological polar surface area (TPSA) is 117 Å². The molecule has 202 valence electrons. The molecule has 0 aromatic heterocycles. The largest absolute Gasteiger partial charge is 0.769 e. The van der Waals surface area contributed by atoms with E-state index in [1.54, 1.807) is 5.43 Å². The van der Waals surface area contributed by atoms with Gasteiger partial charge in [0.25, 0.3) is 0 Å². The zero-order valence-electron chi connectivity index (χ0n) is 16.0. The number of hydrazone groups is 1. The van der Waals surface area contributed by atoms with E-state index in [0.29, 0.717) is 18.2 Å². The summed E-state index contributed by atoms with van der Waals surface area (Å²) in [5.41, 5.74) is -0.765. The molecule has 0 radical (unpaired) electrons. The maximum Gasteiger partial charge on any atom is 0.460 e. The standard InChI is InChI=1S/C14H9F13N4O4/c15-9(16,10(17,18)11(19,20)12(21,22)13(23,24)14(25,26)27)3-4-28-29-7-2-1-6(30(32)33)5-8(7)31(34)35/h1-2,4-5,29,34-35H,3H2/q-2. The highest BCUT2D eigenvalue weighted by Gasteiger charge is 2.90. The van der Waals surface area contributed by atoms with Gasteiger partial charge in [-0.3, -0.25) is 15.8 Å². The van der Waals surface area contributed by atoms with Crippen molar-refractivity contribution in [1.29, 1.82) is 0 Å². The van der Waals surface area contributed by atoms with Crippen LogP contribution in [0.4, 0.5) is 74.1 Å². The predicted octanol–water partition coefficient (Wildman–Crippen LogP) is 5.60. The van der Waals surface area contributed by atoms with E-state index in [1.807, 2.05) is 0 Å². The van der Waals surface area contributed by atoms with Crippen molar-refractivity contribution in [2.24, 2.45) is 5.10 Å². The van der Waals surface area contributed by atoms with Crippen LogP contribution in [0.1, 0.15) is 6.42 Å². The van der Waals surface area contributed by atoms with Crippen molar-refractivity contribution in [1.82, 2.24) is 0 Å². The molecule has 0 aliphatic heterocycles. The smallest absolute Gasteiger partial charge is 0.460 e. The van der Waals surface area contributed by atoms with Crippen LogP contribution < -0.4 is 15.9 Å². The second kappa shape index (κ2) is 9.35. The van der Waals surface area contributed by atoms with E-state index < -0.39 is 75.9 Å². The Kier molecular flexibility index (Phi) is 8.08. The fourth-order valence-electron chi connectivity index (χ4n) is 2.10. The summed E-state index contributed by atoms with van der Waals surface area (Å²) in [6, 6.07) is 1.76. The Morgan fingerprint density at radius 3 is 1.71 bits per heavy atom. The van der Waals surface area contributed by atoms with Gasteiger partial charge in [-0.2, -0.15) is 62.2 Å².